The van der Waals surface area contributed by atoms with Gasteiger partial charge in [0.25, 0.3) is 0 Å². The summed E-state index contributed by atoms with van der Waals surface area (Å²) in [4.78, 5) is 1.17. The smallest absolute Gasteiger partial charge is 0.0843 e. The fourth-order valence-corrected chi connectivity index (χ4v) is 4.31. The molecule has 1 aromatic heterocycles. The maximum absolute atomic E-state index is 6.38. The summed E-state index contributed by atoms with van der Waals surface area (Å²) >= 11 is 8.73. The van der Waals surface area contributed by atoms with Gasteiger partial charge >= 0.3 is 0 Å². The zero-order valence-corrected chi connectivity index (χ0v) is 15.0. The molecule has 0 aliphatic heterocycles. The van der Waals surface area contributed by atoms with E-state index in [-0.39, 0.29) is 6.04 Å². The quantitative estimate of drug-likeness (QED) is 0.723. The van der Waals surface area contributed by atoms with Gasteiger partial charge in [0.1, 0.15) is 0 Å². The van der Waals surface area contributed by atoms with E-state index < -0.39 is 0 Å². The van der Waals surface area contributed by atoms with Crippen molar-refractivity contribution in [3.8, 4) is 0 Å². The fraction of sp³-hybridized carbons (Fsp3) is 0.333. The highest BCUT2D eigenvalue weighted by atomic mass is 79.9. The summed E-state index contributed by atoms with van der Waals surface area (Å²) in [6.45, 7) is 4.39. The first-order valence-corrected chi connectivity index (χ1v) is 8.79. The summed E-state index contributed by atoms with van der Waals surface area (Å²) in [5.41, 5.74) is 10.4. The molecule has 4 heteroatoms. The van der Waals surface area contributed by atoms with Gasteiger partial charge in [0.05, 0.1) is 9.83 Å². The van der Waals surface area contributed by atoms with Crippen LogP contribution in [0.2, 0.25) is 0 Å². The van der Waals surface area contributed by atoms with E-state index in [1.165, 1.54) is 21.6 Å². The van der Waals surface area contributed by atoms with Gasteiger partial charge in [0.15, 0.2) is 0 Å². The molecule has 1 atom stereocenters. The molecule has 2 N–H and O–H groups in total. The number of thiophene rings is 1. The third-order valence-corrected chi connectivity index (χ3v) is 6.66. The number of rotatable bonds is 4. The molecular formula is C15H17Br2NS. The van der Waals surface area contributed by atoms with Gasteiger partial charge in [-0.25, -0.2) is 0 Å². The lowest BCUT2D eigenvalue weighted by atomic mass is 9.96. The second-order valence-electron chi connectivity index (χ2n) is 4.48. The van der Waals surface area contributed by atoms with Crippen LogP contribution in [-0.4, -0.2) is 0 Å². The lowest BCUT2D eigenvalue weighted by Crippen LogP contribution is -2.11. The first-order chi connectivity index (χ1) is 9.06. The molecule has 0 radical (unpaired) electrons. The number of hydrogen-bond acceptors (Lipinski definition) is 2. The molecule has 1 nitrogen and oxygen atoms in total. The van der Waals surface area contributed by atoms with Crippen molar-refractivity contribution in [3.63, 3.8) is 0 Å². The Morgan fingerprint density at radius 2 is 1.79 bits per heavy atom. The standard InChI is InChI=1S/C15H17Br2NS/c1-3-9-5-6-11(7-10(9)4-2)14(18)13-8-12(16)15(17)19-13/h5-8,14H,3-4,18H2,1-2H3. The SMILES string of the molecule is CCc1ccc(C(N)c2cc(Br)c(Br)s2)cc1CC. The Balaban J connectivity index is 2.35. The van der Waals surface area contributed by atoms with E-state index in [1.807, 2.05) is 0 Å². The molecule has 2 rings (SSSR count). The molecule has 0 aliphatic carbocycles. The van der Waals surface area contributed by atoms with Crippen LogP contribution in [-0.2, 0) is 12.8 Å². The predicted octanol–water partition coefficient (Wildman–Crippen LogP) is 5.45. The highest BCUT2D eigenvalue weighted by molar-refractivity contribution is 9.13. The topological polar surface area (TPSA) is 26.0 Å². The van der Waals surface area contributed by atoms with Crippen molar-refractivity contribution in [2.24, 2.45) is 5.73 Å². The Kier molecular flexibility index (Phi) is 5.23. The van der Waals surface area contributed by atoms with Crippen molar-refractivity contribution < 1.29 is 0 Å². The Bertz CT molecular complexity index is 558. The lowest BCUT2D eigenvalue weighted by Gasteiger charge is -2.14. The summed E-state index contributed by atoms with van der Waals surface area (Å²) in [7, 11) is 0. The maximum atomic E-state index is 6.38. The van der Waals surface area contributed by atoms with Crippen molar-refractivity contribution in [3.05, 3.63) is 54.1 Å². The number of benzene rings is 1. The largest absolute Gasteiger partial charge is 0.320 e. The van der Waals surface area contributed by atoms with Gasteiger partial charge in [0.2, 0.25) is 0 Å². The second kappa shape index (κ2) is 6.53. The Hall–Kier alpha value is -0.160. The van der Waals surface area contributed by atoms with Crippen LogP contribution in [0.15, 0.2) is 32.5 Å². The van der Waals surface area contributed by atoms with Gasteiger partial charge in [-0.3, -0.25) is 0 Å². The van der Waals surface area contributed by atoms with E-state index in [2.05, 4.69) is 70.0 Å². The van der Waals surface area contributed by atoms with Gasteiger partial charge in [-0.2, -0.15) is 0 Å². The van der Waals surface area contributed by atoms with Crippen LogP contribution in [0.25, 0.3) is 0 Å². The van der Waals surface area contributed by atoms with Crippen molar-refractivity contribution in [2.75, 3.05) is 0 Å². The minimum absolute atomic E-state index is 0.0520. The molecule has 0 bridgehead atoms. The van der Waals surface area contributed by atoms with Crippen molar-refractivity contribution in [1.29, 1.82) is 0 Å². The van der Waals surface area contributed by atoms with Gasteiger partial charge in [-0.05, 0) is 67.5 Å². The van der Waals surface area contributed by atoms with Crippen LogP contribution in [0, 0.1) is 0 Å². The molecule has 19 heavy (non-hydrogen) atoms. The van der Waals surface area contributed by atoms with E-state index in [4.69, 9.17) is 5.73 Å². The molecule has 2 aromatic rings. The van der Waals surface area contributed by atoms with Crippen LogP contribution in [0.1, 0.15) is 41.5 Å². The normalized spacial score (nSPS) is 12.7. The highest BCUT2D eigenvalue weighted by Gasteiger charge is 2.14. The number of aryl methyl sites for hydroxylation is 2. The average molecular weight is 403 g/mol. The second-order valence-corrected chi connectivity index (χ2v) is 7.74. The lowest BCUT2D eigenvalue weighted by molar-refractivity contribution is 0.883. The van der Waals surface area contributed by atoms with Gasteiger partial charge in [-0.1, -0.05) is 32.0 Å². The van der Waals surface area contributed by atoms with E-state index in [9.17, 15) is 0 Å². The van der Waals surface area contributed by atoms with E-state index >= 15 is 0 Å². The third kappa shape index (κ3) is 3.30. The summed E-state index contributed by atoms with van der Waals surface area (Å²) < 4.78 is 2.17. The molecule has 0 amide bonds. The first-order valence-electron chi connectivity index (χ1n) is 6.38. The van der Waals surface area contributed by atoms with E-state index in [0.29, 0.717) is 0 Å². The van der Waals surface area contributed by atoms with Crippen LogP contribution in [0.4, 0.5) is 0 Å². The molecule has 0 spiro atoms. The maximum Gasteiger partial charge on any atom is 0.0843 e. The van der Waals surface area contributed by atoms with Crippen molar-refractivity contribution >= 4 is 43.2 Å². The van der Waals surface area contributed by atoms with Gasteiger partial charge in [-0.15, -0.1) is 11.3 Å². The number of halogens is 2. The molecule has 0 aliphatic rings. The average Bonchev–Trinajstić information content (AvgIpc) is 2.77. The van der Waals surface area contributed by atoms with Gasteiger partial charge < -0.3 is 5.73 Å². The Morgan fingerprint density at radius 3 is 2.32 bits per heavy atom. The first kappa shape index (κ1) is 15.2. The molecule has 0 saturated carbocycles. The van der Waals surface area contributed by atoms with E-state index in [1.54, 1.807) is 11.3 Å². The summed E-state index contributed by atoms with van der Waals surface area (Å²) in [6.07, 6.45) is 2.14. The Morgan fingerprint density at radius 1 is 1.11 bits per heavy atom. The van der Waals surface area contributed by atoms with Crippen LogP contribution in [0.5, 0.6) is 0 Å². The molecule has 1 unspecified atom stereocenters. The van der Waals surface area contributed by atoms with Crippen molar-refractivity contribution in [2.45, 2.75) is 32.7 Å². The zero-order chi connectivity index (χ0) is 14.0. The molecule has 0 saturated heterocycles. The molecule has 1 heterocycles. The van der Waals surface area contributed by atoms with Crippen LogP contribution >= 0.6 is 43.2 Å². The summed E-state index contributed by atoms with van der Waals surface area (Å²) in [5.74, 6) is 0. The Labute approximate surface area is 135 Å². The molecule has 102 valence electrons. The van der Waals surface area contributed by atoms with Crippen LogP contribution < -0.4 is 5.73 Å². The molecule has 0 fully saturated rings. The van der Waals surface area contributed by atoms with Crippen LogP contribution in [0.3, 0.4) is 0 Å². The van der Waals surface area contributed by atoms with E-state index in [0.717, 1.165) is 21.1 Å². The number of nitrogens with two attached hydrogens (primary N) is 1. The fourth-order valence-electron chi connectivity index (χ4n) is 2.19. The molecular weight excluding hydrogens is 386 g/mol. The minimum Gasteiger partial charge on any atom is -0.320 e. The highest BCUT2D eigenvalue weighted by Crippen LogP contribution is 2.37. The minimum atomic E-state index is -0.0520. The summed E-state index contributed by atoms with van der Waals surface area (Å²) in [5, 5.41) is 0. The third-order valence-electron chi connectivity index (χ3n) is 3.32. The predicted molar refractivity (Wildman–Crippen MR) is 90.9 cm³/mol. The molecule has 1 aromatic carbocycles. The monoisotopic (exact) mass is 401 g/mol. The summed E-state index contributed by atoms with van der Waals surface area (Å²) in [6, 6.07) is 8.67. The van der Waals surface area contributed by atoms with Gasteiger partial charge in [0, 0.05) is 9.35 Å². The van der Waals surface area contributed by atoms with Crippen molar-refractivity contribution in [1.82, 2.24) is 0 Å². The zero-order valence-electron chi connectivity index (χ0n) is 11.0. The number of hydrogen-bond donors (Lipinski definition) is 1.